The van der Waals surface area contributed by atoms with Crippen molar-refractivity contribution in [2.45, 2.75) is 45.8 Å². The number of nitrogens with zero attached hydrogens (tertiary/aromatic N) is 1. The van der Waals surface area contributed by atoms with Crippen LogP contribution in [0.4, 0.5) is 0 Å². The van der Waals surface area contributed by atoms with E-state index in [2.05, 4.69) is 16.9 Å². The summed E-state index contributed by atoms with van der Waals surface area (Å²) in [6, 6.07) is 0. The Bertz CT molecular complexity index is 387. The lowest BCUT2D eigenvalue weighted by Crippen LogP contribution is -2.41. The van der Waals surface area contributed by atoms with Crippen LogP contribution < -0.4 is 11.1 Å². The van der Waals surface area contributed by atoms with Gasteiger partial charge in [0.2, 0.25) is 0 Å². The standard InChI is InChI=1S/C13H24BN3O2/c1-7-16-10(2)17-9-11(8-15)14-18-12(3,4)13(5,6)19-14/h8-9,16H,2,7,15H2,1,3-6H3/b11-8+,17-9?. The van der Waals surface area contributed by atoms with Crippen LogP contribution in [0.3, 0.4) is 0 Å². The Morgan fingerprint density at radius 2 is 1.84 bits per heavy atom. The van der Waals surface area contributed by atoms with Crippen LogP contribution in [-0.4, -0.2) is 31.1 Å². The van der Waals surface area contributed by atoms with Crippen molar-refractivity contribution in [1.82, 2.24) is 5.32 Å². The molecule has 0 aromatic heterocycles. The molecule has 0 bridgehead atoms. The van der Waals surface area contributed by atoms with E-state index in [1.165, 1.54) is 6.20 Å². The van der Waals surface area contributed by atoms with E-state index in [0.717, 1.165) is 6.54 Å². The molecule has 0 aromatic rings. The van der Waals surface area contributed by atoms with E-state index in [4.69, 9.17) is 15.0 Å². The molecule has 6 heteroatoms. The summed E-state index contributed by atoms with van der Waals surface area (Å²) in [4.78, 5) is 4.19. The van der Waals surface area contributed by atoms with E-state index in [1.807, 2.05) is 34.6 Å². The monoisotopic (exact) mass is 265 g/mol. The van der Waals surface area contributed by atoms with Crippen molar-refractivity contribution >= 4 is 13.3 Å². The molecule has 5 nitrogen and oxygen atoms in total. The minimum atomic E-state index is -0.506. The summed E-state index contributed by atoms with van der Waals surface area (Å²) < 4.78 is 11.8. The van der Waals surface area contributed by atoms with Crippen LogP contribution in [0.1, 0.15) is 34.6 Å². The van der Waals surface area contributed by atoms with Crippen molar-refractivity contribution in [3.8, 4) is 0 Å². The fourth-order valence-corrected chi connectivity index (χ4v) is 1.56. The van der Waals surface area contributed by atoms with Crippen molar-refractivity contribution in [1.29, 1.82) is 0 Å². The topological polar surface area (TPSA) is 68.9 Å². The molecule has 1 heterocycles. The third-order valence-electron chi connectivity index (χ3n) is 3.47. The molecule has 0 spiro atoms. The molecule has 19 heavy (non-hydrogen) atoms. The van der Waals surface area contributed by atoms with Gasteiger partial charge in [-0.05, 0) is 40.8 Å². The first-order chi connectivity index (χ1) is 8.73. The molecular formula is C13H24BN3O2. The summed E-state index contributed by atoms with van der Waals surface area (Å²) in [5.41, 5.74) is 5.52. The highest BCUT2D eigenvalue weighted by molar-refractivity contribution is 6.60. The lowest BCUT2D eigenvalue weighted by atomic mass is 9.79. The molecule has 1 saturated heterocycles. The van der Waals surface area contributed by atoms with Crippen LogP contribution in [0.15, 0.2) is 29.1 Å². The third kappa shape index (κ3) is 3.61. The maximum atomic E-state index is 5.90. The lowest BCUT2D eigenvalue weighted by molar-refractivity contribution is 0.00578. The van der Waals surface area contributed by atoms with Gasteiger partial charge in [0, 0.05) is 18.2 Å². The van der Waals surface area contributed by atoms with Gasteiger partial charge in [0.15, 0.2) is 0 Å². The fraction of sp³-hybridized carbons (Fsp3) is 0.615. The number of nitrogens with two attached hydrogens (primary N) is 1. The number of aliphatic imine (C=N–C) groups is 1. The van der Waals surface area contributed by atoms with E-state index in [9.17, 15) is 0 Å². The summed E-state index contributed by atoms with van der Waals surface area (Å²) >= 11 is 0. The van der Waals surface area contributed by atoms with Crippen LogP contribution in [0, 0.1) is 0 Å². The van der Waals surface area contributed by atoms with Gasteiger partial charge in [0.25, 0.3) is 0 Å². The molecule has 106 valence electrons. The Kier molecular flexibility index (Phi) is 4.82. The highest BCUT2D eigenvalue weighted by atomic mass is 16.7. The molecule has 0 saturated carbocycles. The third-order valence-corrected chi connectivity index (χ3v) is 3.47. The van der Waals surface area contributed by atoms with Gasteiger partial charge in [-0.3, -0.25) is 0 Å². The fourth-order valence-electron chi connectivity index (χ4n) is 1.56. The van der Waals surface area contributed by atoms with Gasteiger partial charge in [0.05, 0.1) is 11.2 Å². The Hall–Kier alpha value is -1.27. The summed E-state index contributed by atoms with van der Waals surface area (Å²) in [7, 11) is -0.506. The molecule has 0 atom stereocenters. The van der Waals surface area contributed by atoms with E-state index in [-0.39, 0.29) is 0 Å². The zero-order valence-corrected chi connectivity index (χ0v) is 12.5. The van der Waals surface area contributed by atoms with Gasteiger partial charge in [0.1, 0.15) is 5.82 Å². The number of hydrogen-bond donors (Lipinski definition) is 2. The Morgan fingerprint density at radius 1 is 1.32 bits per heavy atom. The Morgan fingerprint density at radius 3 is 2.26 bits per heavy atom. The van der Waals surface area contributed by atoms with Crippen LogP contribution >= 0.6 is 0 Å². The van der Waals surface area contributed by atoms with Gasteiger partial charge in [-0.15, -0.1) is 0 Å². The van der Waals surface area contributed by atoms with Gasteiger partial charge in [-0.2, -0.15) is 0 Å². The molecular weight excluding hydrogens is 241 g/mol. The van der Waals surface area contributed by atoms with E-state index in [0.29, 0.717) is 11.3 Å². The average molecular weight is 265 g/mol. The van der Waals surface area contributed by atoms with E-state index in [1.54, 1.807) is 6.21 Å². The molecule has 0 unspecified atom stereocenters. The Balaban J connectivity index is 2.77. The predicted molar refractivity (Wildman–Crippen MR) is 79.7 cm³/mol. The number of hydrogen-bond acceptors (Lipinski definition) is 5. The maximum Gasteiger partial charge on any atom is 0.497 e. The molecule has 3 N–H and O–H groups in total. The normalized spacial score (nSPS) is 21.9. The SMILES string of the molecule is C=C(N=C/C(=C\N)B1OC(C)(C)C(C)(C)O1)NCC. The second kappa shape index (κ2) is 5.80. The Labute approximate surface area is 116 Å². The van der Waals surface area contributed by atoms with Crippen LogP contribution in [-0.2, 0) is 9.31 Å². The lowest BCUT2D eigenvalue weighted by Gasteiger charge is -2.32. The number of nitrogens with one attached hydrogen (secondary N) is 1. The largest absolute Gasteiger partial charge is 0.497 e. The van der Waals surface area contributed by atoms with Crippen molar-refractivity contribution in [3.05, 3.63) is 24.1 Å². The molecule has 1 fully saturated rings. The van der Waals surface area contributed by atoms with Crippen molar-refractivity contribution in [2.24, 2.45) is 10.7 Å². The molecule has 1 aliphatic heterocycles. The zero-order valence-electron chi connectivity index (χ0n) is 12.5. The minimum Gasteiger partial charge on any atom is -0.405 e. The van der Waals surface area contributed by atoms with Gasteiger partial charge < -0.3 is 20.4 Å². The molecule has 0 aromatic carbocycles. The van der Waals surface area contributed by atoms with Crippen molar-refractivity contribution in [2.75, 3.05) is 6.54 Å². The molecule has 1 rings (SSSR count). The number of rotatable bonds is 5. The summed E-state index contributed by atoms with van der Waals surface area (Å²) in [6.07, 6.45) is 3.07. The van der Waals surface area contributed by atoms with Gasteiger partial charge >= 0.3 is 7.12 Å². The van der Waals surface area contributed by atoms with E-state index < -0.39 is 18.3 Å². The molecule has 0 amide bonds. The highest BCUT2D eigenvalue weighted by Crippen LogP contribution is 2.38. The van der Waals surface area contributed by atoms with Gasteiger partial charge in [-0.1, -0.05) is 6.58 Å². The first-order valence-corrected chi connectivity index (χ1v) is 6.48. The summed E-state index contributed by atoms with van der Waals surface area (Å²) in [5, 5.41) is 3.01. The van der Waals surface area contributed by atoms with Gasteiger partial charge in [-0.25, -0.2) is 4.99 Å². The van der Waals surface area contributed by atoms with Crippen LogP contribution in [0.2, 0.25) is 0 Å². The second-order valence-corrected chi connectivity index (χ2v) is 5.49. The minimum absolute atomic E-state index is 0.390. The molecule has 0 radical (unpaired) electrons. The highest BCUT2D eigenvalue weighted by Gasteiger charge is 2.52. The second-order valence-electron chi connectivity index (χ2n) is 5.49. The molecule has 0 aliphatic carbocycles. The smallest absolute Gasteiger partial charge is 0.405 e. The van der Waals surface area contributed by atoms with Crippen molar-refractivity contribution < 1.29 is 9.31 Å². The molecule has 1 aliphatic rings. The van der Waals surface area contributed by atoms with Crippen LogP contribution in [0.5, 0.6) is 0 Å². The first-order valence-electron chi connectivity index (χ1n) is 6.48. The maximum absolute atomic E-state index is 5.90. The van der Waals surface area contributed by atoms with Crippen LogP contribution in [0.25, 0.3) is 0 Å². The zero-order chi connectivity index (χ0) is 14.7. The predicted octanol–water partition coefficient (Wildman–Crippen LogP) is 1.61. The first kappa shape index (κ1) is 15.8. The number of allylic oxidation sites excluding steroid dienone is 1. The quantitative estimate of drug-likeness (QED) is 0.585. The summed E-state index contributed by atoms with van der Waals surface area (Å²) in [6.45, 7) is 14.5. The van der Waals surface area contributed by atoms with E-state index >= 15 is 0 Å². The van der Waals surface area contributed by atoms with Crippen molar-refractivity contribution in [3.63, 3.8) is 0 Å². The average Bonchev–Trinajstić information content (AvgIpc) is 2.49. The summed E-state index contributed by atoms with van der Waals surface area (Å²) in [5.74, 6) is 0.582.